The minimum Gasteiger partial charge on any atom is -0.329 e. The summed E-state index contributed by atoms with van der Waals surface area (Å²) in [6.07, 6.45) is 2.32. The lowest BCUT2D eigenvalue weighted by molar-refractivity contribution is 0.0693. The largest absolute Gasteiger partial charge is 0.329 e. The Morgan fingerprint density at radius 1 is 1.29 bits per heavy atom. The number of fused-ring (bicyclic) bond motifs is 1. The van der Waals surface area contributed by atoms with Crippen molar-refractivity contribution in [2.45, 2.75) is 31.8 Å². The van der Waals surface area contributed by atoms with Gasteiger partial charge in [-0.05, 0) is 31.4 Å². The molecule has 0 aromatic heterocycles. The van der Waals surface area contributed by atoms with Crippen molar-refractivity contribution in [2.75, 3.05) is 0 Å². The van der Waals surface area contributed by atoms with E-state index >= 15 is 0 Å². The van der Waals surface area contributed by atoms with Crippen molar-refractivity contribution in [1.82, 2.24) is 4.90 Å². The molecule has 3 rings (SSSR count). The zero-order valence-electron chi connectivity index (χ0n) is 8.29. The summed E-state index contributed by atoms with van der Waals surface area (Å²) in [5.74, 6) is 0.223. The molecule has 1 aromatic carbocycles. The zero-order chi connectivity index (χ0) is 9.76. The van der Waals surface area contributed by atoms with Crippen LogP contribution >= 0.6 is 0 Å². The third-order valence-corrected chi connectivity index (χ3v) is 3.45. The van der Waals surface area contributed by atoms with E-state index in [2.05, 4.69) is 13.0 Å². The van der Waals surface area contributed by atoms with Gasteiger partial charge in [-0.15, -0.1) is 0 Å². The lowest BCUT2D eigenvalue weighted by Gasteiger charge is -2.23. The van der Waals surface area contributed by atoms with Crippen LogP contribution in [0.5, 0.6) is 0 Å². The minimum absolute atomic E-state index is 0.163. The van der Waals surface area contributed by atoms with Crippen molar-refractivity contribution in [2.24, 2.45) is 0 Å². The van der Waals surface area contributed by atoms with Crippen molar-refractivity contribution < 1.29 is 4.79 Å². The summed E-state index contributed by atoms with van der Waals surface area (Å²) >= 11 is 0. The van der Waals surface area contributed by atoms with Crippen molar-refractivity contribution in [3.8, 4) is 0 Å². The minimum atomic E-state index is 0.163. The van der Waals surface area contributed by atoms with Crippen LogP contribution in [0.15, 0.2) is 24.3 Å². The van der Waals surface area contributed by atoms with E-state index in [0.29, 0.717) is 0 Å². The molecule has 0 spiro atoms. The van der Waals surface area contributed by atoms with Crippen LogP contribution in [0.3, 0.4) is 0 Å². The molecule has 2 nitrogen and oxygen atoms in total. The van der Waals surface area contributed by atoms with Gasteiger partial charge < -0.3 is 4.90 Å². The molecule has 1 fully saturated rings. The Morgan fingerprint density at radius 2 is 2.00 bits per heavy atom. The summed E-state index contributed by atoms with van der Waals surface area (Å²) in [5.41, 5.74) is 2.25. The average Bonchev–Trinajstić information content (AvgIpc) is 2.84. The maximum Gasteiger partial charge on any atom is 0.254 e. The molecule has 1 saturated carbocycles. The predicted molar refractivity (Wildman–Crippen MR) is 54.0 cm³/mol. The van der Waals surface area contributed by atoms with Gasteiger partial charge in [0.25, 0.3) is 5.91 Å². The lowest BCUT2D eigenvalue weighted by atomic mass is 10.1. The molecule has 1 aromatic rings. The maximum absolute atomic E-state index is 12.0. The number of amides is 1. The molecular formula is C12H13NO. The fourth-order valence-corrected chi connectivity index (χ4v) is 2.14. The van der Waals surface area contributed by atoms with Gasteiger partial charge in [-0.2, -0.15) is 0 Å². The highest BCUT2D eigenvalue weighted by molar-refractivity contribution is 5.99. The van der Waals surface area contributed by atoms with Crippen LogP contribution in [-0.2, 0) is 6.54 Å². The second-order valence-electron chi connectivity index (χ2n) is 4.55. The van der Waals surface area contributed by atoms with E-state index in [1.54, 1.807) is 0 Å². The predicted octanol–water partition coefficient (Wildman–Crippen LogP) is 2.19. The monoisotopic (exact) mass is 187 g/mol. The van der Waals surface area contributed by atoms with Crippen LogP contribution in [0, 0.1) is 0 Å². The second-order valence-corrected chi connectivity index (χ2v) is 4.55. The van der Waals surface area contributed by atoms with Crippen molar-refractivity contribution in [3.05, 3.63) is 35.4 Å². The van der Waals surface area contributed by atoms with E-state index in [4.69, 9.17) is 0 Å². The van der Waals surface area contributed by atoms with Crippen molar-refractivity contribution in [3.63, 3.8) is 0 Å². The summed E-state index contributed by atoms with van der Waals surface area (Å²) in [5, 5.41) is 0. The van der Waals surface area contributed by atoms with E-state index in [1.165, 1.54) is 5.56 Å². The van der Waals surface area contributed by atoms with E-state index in [1.807, 2.05) is 23.1 Å². The lowest BCUT2D eigenvalue weighted by Crippen LogP contribution is -2.34. The Kier molecular flexibility index (Phi) is 1.37. The zero-order valence-corrected chi connectivity index (χ0v) is 8.29. The Labute approximate surface area is 83.5 Å². The number of hydrogen-bond donors (Lipinski definition) is 0. The standard InChI is InChI=1S/C12H13NO/c1-12(6-7-12)13-8-9-4-2-3-5-10(9)11(13)14/h2-5H,6-8H2,1H3. The number of rotatable bonds is 1. The van der Waals surface area contributed by atoms with Crippen LogP contribution in [-0.4, -0.2) is 16.3 Å². The van der Waals surface area contributed by atoms with E-state index < -0.39 is 0 Å². The Balaban J connectivity index is 2.01. The molecule has 0 radical (unpaired) electrons. The molecule has 1 aliphatic heterocycles. The quantitative estimate of drug-likeness (QED) is 0.660. The van der Waals surface area contributed by atoms with Gasteiger partial charge >= 0.3 is 0 Å². The van der Waals surface area contributed by atoms with Crippen LogP contribution < -0.4 is 0 Å². The SMILES string of the molecule is CC1(N2Cc3ccccc3C2=O)CC1. The highest BCUT2D eigenvalue weighted by Crippen LogP contribution is 2.44. The Bertz CT molecular complexity index is 407. The number of carbonyl (C=O) groups is 1. The second kappa shape index (κ2) is 2.38. The van der Waals surface area contributed by atoms with Gasteiger partial charge in [-0.1, -0.05) is 18.2 Å². The fraction of sp³-hybridized carbons (Fsp3) is 0.417. The highest BCUT2D eigenvalue weighted by atomic mass is 16.2. The summed E-state index contributed by atoms with van der Waals surface area (Å²) in [7, 11) is 0. The first-order valence-electron chi connectivity index (χ1n) is 5.11. The van der Waals surface area contributed by atoms with Gasteiger partial charge in [-0.3, -0.25) is 4.79 Å². The molecule has 72 valence electrons. The van der Waals surface area contributed by atoms with Crippen molar-refractivity contribution in [1.29, 1.82) is 0 Å². The third kappa shape index (κ3) is 0.939. The van der Waals surface area contributed by atoms with E-state index in [0.717, 1.165) is 24.9 Å². The van der Waals surface area contributed by atoms with Crippen molar-refractivity contribution >= 4 is 5.91 Å². The van der Waals surface area contributed by atoms with Crippen LogP contribution in [0.4, 0.5) is 0 Å². The number of nitrogens with zero attached hydrogens (tertiary/aromatic N) is 1. The van der Waals surface area contributed by atoms with Gasteiger partial charge in [-0.25, -0.2) is 0 Å². The number of carbonyl (C=O) groups excluding carboxylic acids is 1. The first-order chi connectivity index (χ1) is 6.71. The Morgan fingerprint density at radius 3 is 2.64 bits per heavy atom. The summed E-state index contributed by atoms with van der Waals surface area (Å²) < 4.78 is 0. The highest BCUT2D eigenvalue weighted by Gasteiger charge is 2.48. The number of benzene rings is 1. The normalized spacial score (nSPS) is 22.4. The molecule has 1 heterocycles. The first-order valence-corrected chi connectivity index (χ1v) is 5.11. The first kappa shape index (κ1) is 8.04. The molecule has 0 saturated heterocycles. The molecule has 1 amide bonds. The fourth-order valence-electron chi connectivity index (χ4n) is 2.14. The molecular weight excluding hydrogens is 174 g/mol. The molecule has 2 heteroatoms. The molecule has 0 N–H and O–H groups in total. The van der Waals surface area contributed by atoms with E-state index in [9.17, 15) is 4.79 Å². The third-order valence-electron chi connectivity index (χ3n) is 3.45. The molecule has 0 atom stereocenters. The van der Waals surface area contributed by atoms with Crippen LogP contribution in [0.2, 0.25) is 0 Å². The Hall–Kier alpha value is -1.31. The van der Waals surface area contributed by atoms with Gasteiger partial charge in [0.15, 0.2) is 0 Å². The van der Waals surface area contributed by atoms with Gasteiger partial charge in [0.2, 0.25) is 0 Å². The van der Waals surface area contributed by atoms with Crippen LogP contribution in [0.25, 0.3) is 0 Å². The molecule has 14 heavy (non-hydrogen) atoms. The van der Waals surface area contributed by atoms with Gasteiger partial charge in [0.1, 0.15) is 0 Å². The van der Waals surface area contributed by atoms with Gasteiger partial charge in [0, 0.05) is 17.6 Å². The van der Waals surface area contributed by atoms with E-state index in [-0.39, 0.29) is 11.4 Å². The molecule has 0 bridgehead atoms. The summed E-state index contributed by atoms with van der Waals surface area (Å²) in [4.78, 5) is 14.0. The maximum atomic E-state index is 12.0. The smallest absolute Gasteiger partial charge is 0.254 e. The summed E-state index contributed by atoms with van der Waals surface area (Å²) in [6.45, 7) is 2.99. The average molecular weight is 187 g/mol. The van der Waals surface area contributed by atoms with Crippen LogP contribution in [0.1, 0.15) is 35.7 Å². The molecule has 0 unspecified atom stereocenters. The molecule has 1 aliphatic carbocycles. The topological polar surface area (TPSA) is 20.3 Å². The van der Waals surface area contributed by atoms with Gasteiger partial charge in [0.05, 0.1) is 0 Å². The summed E-state index contributed by atoms with van der Waals surface area (Å²) in [6, 6.07) is 7.93. The number of hydrogen-bond acceptors (Lipinski definition) is 1. The molecule has 2 aliphatic rings.